The third-order valence-electron chi connectivity index (χ3n) is 4.98. The van der Waals surface area contributed by atoms with Crippen LogP contribution in [0.1, 0.15) is 16.7 Å². The third-order valence-corrected chi connectivity index (χ3v) is 4.98. The normalized spacial score (nSPS) is 14.0. The van der Waals surface area contributed by atoms with Gasteiger partial charge >= 0.3 is 0 Å². The van der Waals surface area contributed by atoms with E-state index in [1.54, 1.807) is 6.08 Å². The Hall–Kier alpha value is -2.76. The van der Waals surface area contributed by atoms with Gasteiger partial charge in [-0.05, 0) is 16.7 Å². The maximum Gasteiger partial charge on any atom is 0.116 e. The summed E-state index contributed by atoms with van der Waals surface area (Å²) >= 11 is 0. The van der Waals surface area contributed by atoms with Crippen molar-refractivity contribution in [2.75, 3.05) is 6.61 Å². The molecule has 3 atom stereocenters. The van der Waals surface area contributed by atoms with Crippen molar-refractivity contribution in [3.05, 3.63) is 120 Å². The minimum absolute atomic E-state index is 0.189. The molecule has 3 rings (SSSR count). The highest BCUT2D eigenvalue weighted by molar-refractivity contribution is 5.15. The van der Waals surface area contributed by atoms with Gasteiger partial charge in [0, 0.05) is 0 Å². The molecule has 0 aromatic heterocycles. The van der Waals surface area contributed by atoms with Crippen molar-refractivity contribution in [3.63, 3.8) is 0 Å². The standard InChI is InChI=1S/C27H30O4/c1-2-25(29-19-22-12-6-3-7-13-22)27(31-21-24-16-10-5-11-17-24)26(18-28)30-20-23-14-8-4-9-15-23/h2-17,25-28H,1,18-21H2. The van der Waals surface area contributed by atoms with Crippen LogP contribution in [0.15, 0.2) is 104 Å². The lowest BCUT2D eigenvalue weighted by Crippen LogP contribution is -2.43. The third kappa shape index (κ3) is 7.46. The molecule has 0 amide bonds. The zero-order valence-corrected chi connectivity index (χ0v) is 17.7. The molecule has 0 radical (unpaired) electrons. The fourth-order valence-electron chi connectivity index (χ4n) is 3.27. The predicted molar refractivity (Wildman–Crippen MR) is 122 cm³/mol. The van der Waals surface area contributed by atoms with Crippen molar-refractivity contribution >= 4 is 0 Å². The highest BCUT2D eigenvalue weighted by Crippen LogP contribution is 2.19. The zero-order chi connectivity index (χ0) is 21.7. The van der Waals surface area contributed by atoms with Gasteiger partial charge in [0.05, 0.1) is 26.4 Å². The first-order valence-corrected chi connectivity index (χ1v) is 10.5. The molecule has 0 heterocycles. The number of aliphatic hydroxyl groups is 1. The molecule has 3 aromatic carbocycles. The molecular weight excluding hydrogens is 388 g/mol. The minimum atomic E-state index is -0.567. The number of ether oxygens (including phenoxy) is 3. The molecule has 31 heavy (non-hydrogen) atoms. The molecule has 0 spiro atoms. The van der Waals surface area contributed by atoms with Crippen LogP contribution < -0.4 is 0 Å². The van der Waals surface area contributed by atoms with E-state index in [4.69, 9.17) is 14.2 Å². The Morgan fingerprint density at radius 3 is 1.48 bits per heavy atom. The van der Waals surface area contributed by atoms with E-state index in [-0.39, 0.29) is 6.61 Å². The molecule has 0 aliphatic heterocycles. The van der Waals surface area contributed by atoms with Gasteiger partial charge in [0.25, 0.3) is 0 Å². The average Bonchev–Trinajstić information content (AvgIpc) is 2.84. The summed E-state index contributed by atoms with van der Waals surface area (Å²) in [7, 11) is 0. The Bertz CT molecular complexity index is 868. The lowest BCUT2D eigenvalue weighted by atomic mass is 10.1. The molecule has 4 heteroatoms. The van der Waals surface area contributed by atoms with Gasteiger partial charge in [0.2, 0.25) is 0 Å². The molecule has 3 aromatic rings. The van der Waals surface area contributed by atoms with Crippen LogP contribution in [0.25, 0.3) is 0 Å². The Balaban J connectivity index is 1.71. The molecule has 0 saturated carbocycles. The lowest BCUT2D eigenvalue weighted by Gasteiger charge is -2.31. The summed E-state index contributed by atoms with van der Waals surface area (Å²) in [6.45, 7) is 4.93. The molecule has 0 saturated heterocycles. The van der Waals surface area contributed by atoms with Gasteiger partial charge in [-0.15, -0.1) is 6.58 Å². The highest BCUT2D eigenvalue weighted by Gasteiger charge is 2.30. The van der Waals surface area contributed by atoms with Gasteiger partial charge in [-0.1, -0.05) is 97.1 Å². The van der Waals surface area contributed by atoms with E-state index < -0.39 is 18.3 Å². The summed E-state index contributed by atoms with van der Waals surface area (Å²) in [4.78, 5) is 0. The summed E-state index contributed by atoms with van der Waals surface area (Å²) in [6.07, 6.45) is 0.183. The molecule has 1 N–H and O–H groups in total. The van der Waals surface area contributed by atoms with E-state index >= 15 is 0 Å². The fraction of sp³-hybridized carbons (Fsp3) is 0.259. The maximum atomic E-state index is 10.1. The number of hydrogen-bond donors (Lipinski definition) is 1. The first kappa shape index (κ1) is 22.9. The molecule has 4 nitrogen and oxygen atoms in total. The first-order chi connectivity index (χ1) is 15.3. The van der Waals surface area contributed by atoms with Gasteiger partial charge < -0.3 is 19.3 Å². The van der Waals surface area contributed by atoms with Crippen LogP contribution in [-0.2, 0) is 34.0 Å². The molecular formula is C27H30O4. The van der Waals surface area contributed by atoms with Gasteiger partial charge in [-0.25, -0.2) is 0 Å². The van der Waals surface area contributed by atoms with Crippen molar-refractivity contribution in [3.8, 4) is 0 Å². The second-order valence-corrected chi connectivity index (χ2v) is 7.28. The van der Waals surface area contributed by atoms with Crippen molar-refractivity contribution in [2.24, 2.45) is 0 Å². The van der Waals surface area contributed by atoms with E-state index in [1.807, 2.05) is 91.0 Å². The average molecular weight is 419 g/mol. The van der Waals surface area contributed by atoms with Crippen molar-refractivity contribution < 1.29 is 19.3 Å². The molecule has 0 fully saturated rings. The van der Waals surface area contributed by atoms with Crippen LogP contribution in [-0.4, -0.2) is 30.0 Å². The molecule has 0 aliphatic rings. The minimum Gasteiger partial charge on any atom is -0.394 e. The van der Waals surface area contributed by atoms with Gasteiger partial charge in [-0.2, -0.15) is 0 Å². The van der Waals surface area contributed by atoms with E-state index in [0.29, 0.717) is 19.8 Å². The number of rotatable bonds is 13. The predicted octanol–water partition coefficient (Wildman–Crippen LogP) is 4.92. The topological polar surface area (TPSA) is 47.9 Å². The van der Waals surface area contributed by atoms with Gasteiger partial charge in [0.1, 0.15) is 18.3 Å². The second kappa shape index (κ2) is 12.8. The number of hydrogen-bond acceptors (Lipinski definition) is 4. The summed E-state index contributed by atoms with van der Waals surface area (Å²) in [5, 5.41) is 10.1. The largest absolute Gasteiger partial charge is 0.394 e. The van der Waals surface area contributed by atoms with Crippen LogP contribution >= 0.6 is 0 Å². The second-order valence-electron chi connectivity index (χ2n) is 7.28. The summed E-state index contributed by atoms with van der Waals surface area (Å²) in [5.74, 6) is 0. The van der Waals surface area contributed by atoms with Crippen LogP contribution in [0.5, 0.6) is 0 Å². The van der Waals surface area contributed by atoms with Crippen LogP contribution in [0.2, 0.25) is 0 Å². The number of benzene rings is 3. The zero-order valence-electron chi connectivity index (χ0n) is 17.7. The van der Waals surface area contributed by atoms with Crippen molar-refractivity contribution in [1.29, 1.82) is 0 Å². The van der Waals surface area contributed by atoms with Crippen molar-refractivity contribution in [1.82, 2.24) is 0 Å². The molecule has 0 bridgehead atoms. The van der Waals surface area contributed by atoms with Crippen LogP contribution in [0, 0.1) is 0 Å². The lowest BCUT2D eigenvalue weighted by molar-refractivity contribution is -0.149. The Kier molecular flexibility index (Phi) is 9.48. The summed E-state index contributed by atoms with van der Waals surface area (Å²) in [6, 6.07) is 29.7. The maximum absolute atomic E-state index is 10.1. The van der Waals surface area contributed by atoms with Gasteiger partial charge in [0.15, 0.2) is 0 Å². The Labute approximate surface area is 184 Å². The highest BCUT2D eigenvalue weighted by atomic mass is 16.6. The summed E-state index contributed by atoms with van der Waals surface area (Å²) in [5.41, 5.74) is 3.13. The summed E-state index contributed by atoms with van der Waals surface area (Å²) < 4.78 is 18.4. The SMILES string of the molecule is C=CC(OCc1ccccc1)C(OCc1ccccc1)C(CO)OCc1ccccc1. The van der Waals surface area contributed by atoms with Crippen LogP contribution in [0.4, 0.5) is 0 Å². The number of aliphatic hydroxyl groups excluding tert-OH is 1. The fourth-order valence-corrected chi connectivity index (χ4v) is 3.27. The van der Waals surface area contributed by atoms with Gasteiger partial charge in [-0.3, -0.25) is 0 Å². The molecule has 3 unspecified atom stereocenters. The Morgan fingerprint density at radius 1 is 0.645 bits per heavy atom. The smallest absolute Gasteiger partial charge is 0.116 e. The molecule has 0 aliphatic carbocycles. The first-order valence-electron chi connectivity index (χ1n) is 10.5. The van der Waals surface area contributed by atoms with E-state index in [1.165, 1.54) is 0 Å². The van der Waals surface area contributed by atoms with Crippen LogP contribution in [0.3, 0.4) is 0 Å². The quantitative estimate of drug-likeness (QED) is 0.400. The Morgan fingerprint density at radius 2 is 1.06 bits per heavy atom. The van der Waals surface area contributed by atoms with E-state index in [0.717, 1.165) is 16.7 Å². The monoisotopic (exact) mass is 418 g/mol. The van der Waals surface area contributed by atoms with Crippen molar-refractivity contribution in [2.45, 2.75) is 38.1 Å². The van der Waals surface area contributed by atoms with E-state index in [2.05, 4.69) is 6.58 Å². The van der Waals surface area contributed by atoms with E-state index in [9.17, 15) is 5.11 Å². The molecule has 162 valence electrons.